The Morgan fingerprint density at radius 3 is 2.47 bits per heavy atom. The number of carbonyl (C=O) groups excluding carboxylic acids is 2. The highest BCUT2D eigenvalue weighted by Crippen LogP contribution is 2.30. The maximum Gasteiger partial charge on any atom is 0.256 e. The topological polar surface area (TPSA) is 37.4 Å². The van der Waals surface area contributed by atoms with Crippen molar-refractivity contribution in [2.24, 2.45) is 5.92 Å². The SMILES string of the molecule is C=C1CC(=O)N([C@H](C)CC2CCCCC2)C1=O. The number of nitrogens with zero attached hydrogens (tertiary/aromatic N) is 1. The molecule has 94 valence electrons. The van der Waals surface area contributed by atoms with Crippen LogP contribution in [0, 0.1) is 5.92 Å². The molecule has 1 aliphatic carbocycles. The van der Waals surface area contributed by atoms with Crippen molar-refractivity contribution >= 4 is 11.8 Å². The van der Waals surface area contributed by atoms with E-state index in [2.05, 4.69) is 6.58 Å². The fraction of sp³-hybridized carbons (Fsp3) is 0.714. The number of imide groups is 1. The molecule has 17 heavy (non-hydrogen) atoms. The number of carbonyl (C=O) groups is 2. The van der Waals surface area contributed by atoms with E-state index in [4.69, 9.17) is 0 Å². The van der Waals surface area contributed by atoms with Gasteiger partial charge in [0.1, 0.15) is 0 Å². The summed E-state index contributed by atoms with van der Waals surface area (Å²) in [4.78, 5) is 25.0. The van der Waals surface area contributed by atoms with Crippen LogP contribution in [0.4, 0.5) is 0 Å². The molecule has 0 radical (unpaired) electrons. The lowest BCUT2D eigenvalue weighted by Crippen LogP contribution is -2.39. The van der Waals surface area contributed by atoms with E-state index >= 15 is 0 Å². The lowest BCUT2D eigenvalue weighted by molar-refractivity contribution is -0.140. The summed E-state index contributed by atoms with van der Waals surface area (Å²) in [5.41, 5.74) is 0.450. The number of amides is 2. The Labute approximate surface area is 103 Å². The summed E-state index contributed by atoms with van der Waals surface area (Å²) in [5, 5.41) is 0. The summed E-state index contributed by atoms with van der Waals surface area (Å²) < 4.78 is 0. The Morgan fingerprint density at radius 1 is 1.29 bits per heavy atom. The molecule has 0 bridgehead atoms. The van der Waals surface area contributed by atoms with Gasteiger partial charge >= 0.3 is 0 Å². The molecule has 0 N–H and O–H groups in total. The standard InChI is InChI=1S/C14H21NO2/c1-10-8-13(16)15(14(10)17)11(2)9-12-6-4-3-5-7-12/h11-12H,1,3-9H2,2H3/t11-/m1/s1. The van der Waals surface area contributed by atoms with Gasteiger partial charge in [-0.1, -0.05) is 38.7 Å². The summed E-state index contributed by atoms with van der Waals surface area (Å²) in [6.07, 6.45) is 7.61. The van der Waals surface area contributed by atoms with Crippen molar-refractivity contribution in [2.75, 3.05) is 0 Å². The van der Waals surface area contributed by atoms with Gasteiger partial charge < -0.3 is 0 Å². The van der Waals surface area contributed by atoms with Crippen molar-refractivity contribution in [2.45, 2.75) is 57.9 Å². The molecule has 1 saturated carbocycles. The molecule has 0 unspecified atom stereocenters. The molecule has 0 spiro atoms. The average Bonchev–Trinajstić information content (AvgIpc) is 2.54. The first-order valence-electron chi connectivity index (χ1n) is 6.63. The van der Waals surface area contributed by atoms with E-state index in [1.54, 1.807) is 0 Å². The molecule has 2 rings (SSSR count). The lowest BCUT2D eigenvalue weighted by Gasteiger charge is -2.28. The van der Waals surface area contributed by atoms with Gasteiger partial charge in [0.05, 0.1) is 6.42 Å². The monoisotopic (exact) mass is 235 g/mol. The van der Waals surface area contributed by atoms with Crippen LogP contribution in [0.2, 0.25) is 0 Å². The molecule has 1 aliphatic heterocycles. The van der Waals surface area contributed by atoms with E-state index < -0.39 is 0 Å². The van der Waals surface area contributed by atoms with Crippen LogP contribution in [0.1, 0.15) is 51.9 Å². The first kappa shape index (κ1) is 12.3. The second-order valence-corrected chi connectivity index (χ2v) is 5.44. The second-order valence-electron chi connectivity index (χ2n) is 5.44. The van der Waals surface area contributed by atoms with Crippen molar-refractivity contribution in [3.05, 3.63) is 12.2 Å². The van der Waals surface area contributed by atoms with Gasteiger partial charge in [-0.2, -0.15) is 0 Å². The van der Waals surface area contributed by atoms with Crippen LogP contribution >= 0.6 is 0 Å². The Balaban J connectivity index is 1.94. The smallest absolute Gasteiger partial charge is 0.256 e. The van der Waals surface area contributed by atoms with Gasteiger partial charge in [-0.15, -0.1) is 0 Å². The summed E-state index contributed by atoms with van der Waals surface area (Å²) in [7, 11) is 0. The highest BCUT2D eigenvalue weighted by atomic mass is 16.2. The van der Waals surface area contributed by atoms with Gasteiger partial charge in [0.2, 0.25) is 5.91 Å². The number of hydrogen-bond acceptors (Lipinski definition) is 2. The molecule has 2 aliphatic rings. The number of rotatable bonds is 3. The molecular weight excluding hydrogens is 214 g/mol. The molecule has 1 heterocycles. The highest BCUT2D eigenvalue weighted by molar-refractivity contribution is 6.13. The van der Waals surface area contributed by atoms with Gasteiger partial charge in [0.25, 0.3) is 5.91 Å². The zero-order valence-corrected chi connectivity index (χ0v) is 10.6. The fourth-order valence-corrected chi connectivity index (χ4v) is 3.08. The molecule has 3 nitrogen and oxygen atoms in total. The third-order valence-electron chi connectivity index (χ3n) is 3.99. The van der Waals surface area contributed by atoms with Crippen molar-refractivity contribution in [3.8, 4) is 0 Å². The van der Waals surface area contributed by atoms with Crippen LogP contribution in [-0.2, 0) is 9.59 Å². The molecule has 3 heteroatoms. The summed E-state index contributed by atoms with van der Waals surface area (Å²) >= 11 is 0. The maximum absolute atomic E-state index is 11.8. The minimum atomic E-state index is -0.154. The minimum absolute atomic E-state index is 0.0392. The molecular formula is C14H21NO2. The van der Waals surface area contributed by atoms with E-state index in [1.807, 2.05) is 6.92 Å². The second kappa shape index (κ2) is 5.03. The first-order chi connectivity index (χ1) is 8.09. The summed E-state index contributed by atoms with van der Waals surface area (Å²) in [6, 6.07) is 0.0392. The fourth-order valence-electron chi connectivity index (χ4n) is 3.08. The van der Waals surface area contributed by atoms with Gasteiger partial charge in [-0.05, 0) is 19.3 Å². The summed E-state index contributed by atoms with van der Waals surface area (Å²) in [5.74, 6) is 0.467. The predicted octanol–water partition coefficient (Wildman–Crippen LogP) is 2.66. The van der Waals surface area contributed by atoms with Crippen molar-refractivity contribution < 1.29 is 9.59 Å². The average molecular weight is 235 g/mol. The van der Waals surface area contributed by atoms with Crippen LogP contribution in [-0.4, -0.2) is 22.8 Å². The quantitative estimate of drug-likeness (QED) is 0.557. The highest BCUT2D eigenvalue weighted by Gasteiger charge is 2.36. The van der Waals surface area contributed by atoms with Gasteiger partial charge in [-0.3, -0.25) is 14.5 Å². The van der Waals surface area contributed by atoms with Crippen LogP contribution in [0.5, 0.6) is 0 Å². The maximum atomic E-state index is 11.8. The molecule has 2 fully saturated rings. The Kier molecular flexibility index (Phi) is 3.65. The Hall–Kier alpha value is -1.12. The van der Waals surface area contributed by atoms with Crippen LogP contribution in [0.25, 0.3) is 0 Å². The zero-order valence-electron chi connectivity index (χ0n) is 10.6. The zero-order chi connectivity index (χ0) is 12.4. The van der Waals surface area contributed by atoms with E-state index in [0.29, 0.717) is 11.5 Å². The van der Waals surface area contributed by atoms with Crippen LogP contribution in [0.3, 0.4) is 0 Å². The van der Waals surface area contributed by atoms with E-state index in [1.165, 1.54) is 37.0 Å². The number of likely N-dealkylation sites (tertiary alicyclic amines) is 1. The van der Waals surface area contributed by atoms with Crippen molar-refractivity contribution in [1.82, 2.24) is 4.90 Å². The third-order valence-corrected chi connectivity index (χ3v) is 3.99. The first-order valence-corrected chi connectivity index (χ1v) is 6.63. The normalized spacial score (nSPS) is 24.5. The van der Waals surface area contributed by atoms with Crippen LogP contribution in [0.15, 0.2) is 12.2 Å². The third kappa shape index (κ3) is 2.59. The van der Waals surface area contributed by atoms with Crippen LogP contribution < -0.4 is 0 Å². The molecule has 2 amide bonds. The molecule has 0 aromatic heterocycles. The largest absolute Gasteiger partial charge is 0.276 e. The molecule has 1 saturated heterocycles. The van der Waals surface area contributed by atoms with E-state index in [9.17, 15) is 9.59 Å². The minimum Gasteiger partial charge on any atom is -0.276 e. The number of hydrogen-bond donors (Lipinski definition) is 0. The van der Waals surface area contributed by atoms with Crippen molar-refractivity contribution in [3.63, 3.8) is 0 Å². The molecule has 0 aromatic carbocycles. The van der Waals surface area contributed by atoms with Gasteiger partial charge in [-0.25, -0.2) is 0 Å². The Morgan fingerprint density at radius 2 is 1.94 bits per heavy atom. The Bertz CT molecular complexity index is 342. The molecule has 0 aromatic rings. The van der Waals surface area contributed by atoms with E-state index in [-0.39, 0.29) is 24.3 Å². The van der Waals surface area contributed by atoms with E-state index in [0.717, 1.165) is 6.42 Å². The predicted molar refractivity (Wildman–Crippen MR) is 66.3 cm³/mol. The summed E-state index contributed by atoms with van der Waals surface area (Å²) in [6.45, 7) is 5.64. The lowest BCUT2D eigenvalue weighted by atomic mass is 9.85. The van der Waals surface area contributed by atoms with Crippen molar-refractivity contribution in [1.29, 1.82) is 0 Å². The van der Waals surface area contributed by atoms with Gasteiger partial charge in [0, 0.05) is 11.6 Å². The van der Waals surface area contributed by atoms with Gasteiger partial charge in [0.15, 0.2) is 0 Å². The molecule has 1 atom stereocenters.